The zero-order chi connectivity index (χ0) is 32.7. The van der Waals surface area contributed by atoms with Crippen LogP contribution in [0.2, 0.25) is 0 Å². The molecule has 0 aromatic heterocycles. The summed E-state index contributed by atoms with van der Waals surface area (Å²) >= 11 is 0. The van der Waals surface area contributed by atoms with Crippen LogP contribution in [-0.4, -0.2) is 90.6 Å². The zero-order valence-electron chi connectivity index (χ0n) is 26.5. The Morgan fingerprint density at radius 2 is 1.67 bits per heavy atom. The maximum atomic E-state index is 13.2. The third-order valence-electron chi connectivity index (χ3n) is 9.44. The molecule has 1 fully saturated rings. The number of benzene rings is 2. The molecule has 2 aromatic rings. The molecule has 12 heteroatoms. The maximum absolute atomic E-state index is 13.2. The third kappa shape index (κ3) is 5.30. The average Bonchev–Trinajstić information content (AvgIpc) is 2.99. The Bertz CT molecular complexity index is 1570. The summed E-state index contributed by atoms with van der Waals surface area (Å²) in [6, 6.07) is 3.55. The first-order valence-corrected chi connectivity index (χ1v) is 15.0. The number of piperazine rings is 1. The van der Waals surface area contributed by atoms with Crippen molar-refractivity contribution >= 4 is 12.0 Å². The second-order valence-electron chi connectivity index (χ2n) is 12.0. The molecule has 1 saturated heterocycles. The van der Waals surface area contributed by atoms with Gasteiger partial charge in [0.05, 0.1) is 32.4 Å². The van der Waals surface area contributed by atoms with Crippen molar-refractivity contribution in [1.29, 1.82) is 5.26 Å². The summed E-state index contributed by atoms with van der Waals surface area (Å²) in [5.41, 5.74) is 4.75. The van der Waals surface area contributed by atoms with Crippen LogP contribution in [0.15, 0.2) is 24.8 Å². The number of rotatable bonds is 8. The van der Waals surface area contributed by atoms with Crippen molar-refractivity contribution in [3.63, 3.8) is 0 Å². The predicted octanol–water partition coefficient (Wildman–Crippen LogP) is 2.92. The highest BCUT2D eigenvalue weighted by Gasteiger charge is 2.55. The van der Waals surface area contributed by atoms with Crippen LogP contribution in [0, 0.1) is 25.2 Å². The SMILES string of the molecule is C=CCOC(=O)N[C@@H](C)C(=O)NC[C@H]1c2c(cc(C)c(OC)c2O)C[C@H]2[C@H]3c4c(cc(C)c(OC)c4O)C[C@@H]([C@H](C#N)N12)N3C. The molecule has 0 saturated carbocycles. The van der Waals surface area contributed by atoms with Crippen molar-refractivity contribution in [2.24, 2.45) is 0 Å². The molecule has 2 aromatic carbocycles. The number of hydrogen-bond donors (Lipinski definition) is 4. The summed E-state index contributed by atoms with van der Waals surface area (Å²) in [6.07, 6.45) is 1.67. The van der Waals surface area contributed by atoms with E-state index in [2.05, 4.69) is 33.1 Å². The lowest BCUT2D eigenvalue weighted by atomic mass is 9.72. The smallest absolute Gasteiger partial charge is 0.408 e. The number of carbonyl (C=O) groups is 2. The number of hydrogen-bond acceptors (Lipinski definition) is 10. The highest BCUT2D eigenvalue weighted by atomic mass is 16.5. The van der Waals surface area contributed by atoms with Crippen molar-refractivity contribution in [3.05, 3.63) is 58.2 Å². The van der Waals surface area contributed by atoms with Gasteiger partial charge in [-0.15, -0.1) is 0 Å². The molecular formula is C33H41N5O7. The van der Waals surface area contributed by atoms with Gasteiger partial charge in [0.2, 0.25) is 5.91 Å². The van der Waals surface area contributed by atoms with Gasteiger partial charge in [0.15, 0.2) is 23.0 Å². The predicted molar refractivity (Wildman–Crippen MR) is 165 cm³/mol. The number of phenols is 2. The van der Waals surface area contributed by atoms with Crippen LogP contribution in [0.3, 0.4) is 0 Å². The standard InChI is InChI=1S/C33H41N5O7/c1-8-9-45-33(42)36-18(4)32(41)35-15-24-25-19(10-16(2)30(43-6)28(25)39)13-22-27-26-20(11-17(3)31(44-7)29(26)40)12-21(37(27)5)23(14-34)38(22)24/h8,10-11,18,21-24,27,39-40H,1,9,12-13,15H2,2-7H3,(H,35,41)(H,36,42)/t18-,21-,22-,23-,24-,27-/m0/s1. The number of nitriles is 1. The van der Waals surface area contributed by atoms with Crippen LogP contribution in [0.4, 0.5) is 4.79 Å². The maximum Gasteiger partial charge on any atom is 0.408 e. The first-order chi connectivity index (χ1) is 21.5. The number of carbonyl (C=O) groups excluding carboxylic acids is 2. The summed E-state index contributed by atoms with van der Waals surface area (Å²) in [4.78, 5) is 29.5. The Morgan fingerprint density at radius 3 is 2.24 bits per heavy atom. The van der Waals surface area contributed by atoms with Gasteiger partial charge in [-0.2, -0.15) is 5.26 Å². The summed E-state index contributed by atoms with van der Waals surface area (Å²) < 4.78 is 16.1. The Kier molecular flexibility index (Phi) is 8.87. The van der Waals surface area contributed by atoms with Crippen molar-refractivity contribution in [2.45, 2.75) is 69.9 Å². The van der Waals surface area contributed by atoms with Gasteiger partial charge in [-0.05, 0) is 62.9 Å². The molecule has 5 rings (SSSR count). The Labute approximate surface area is 263 Å². The quantitative estimate of drug-likeness (QED) is 0.324. The van der Waals surface area contributed by atoms with Gasteiger partial charge >= 0.3 is 6.09 Å². The molecule has 0 spiro atoms. The topological polar surface area (TPSA) is 157 Å². The highest BCUT2D eigenvalue weighted by Crippen LogP contribution is 2.55. The van der Waals surface area contributed by atoms with E-state index in [1.165, 1.54) is 20.3 Å². The number of aromatic hydroxyl groups is 2. The summed E-state index contributed by atoms with van der Waals surface area (Å²) in [5, 5.41) is 39.2. The Hall–Kier alpha value is -4.47. The Morgan fingerprint density at radius 1 is 1.09 bits per heavy atom. The fourth-order valence-corrected chi connectivity index (χ4v) is 7.58. The molecule has 3 aliphatic heterocycles. The van der Waals surface area contributed by atoms with E-state index in [1.54, 1.807) is 6.92 Å². The Balaban J connectivity index is 1.60. The van der Waals surface area contributed by atoms with E-state index in [9.17, 15) is 25.1 Å². The first-order valence-electron chi connectivity index (χ1n) is 15.0. The molecule has 0 unspecified atom stereocenters. The number of fused-ring (bicyclic) bond motifs is 7. The highest BCUT2D eigenvalue weighted by molar-refractivity contribution is 5.85. The minimum Gasteiger partial charge on any atom is -0.504 e. The van der Waals surface area contributed by atoms with E-state index in [0.717, 1.165) is 27.8 Å². The second kappa shape index (κ2) is 12.5. The number of phenolic OH excluding ortho intramolecular Hbond substituents is 2. The van der Waals surface area contributed by atoms with Crippen molar-refractivity contribution in [3.8, 4) is 29.1 Å². The number of amides is 2. The number of methoxy groups -OCH3 is 2. The number of likely N-dealkylation sites (N-methyl/N-ethyl adjacent to an activating group) is 1. The van der Waals surface area contributed by atoms with E-state index in [4.69, 9.17) is 14.2 Å². The second-order valence-corrected chi connectivity index (χ2v) is 12.0. The summed E-state index contributed by atoms with van der Waals surface area (Å²) in [6.45, 7) is 8.84. The molecule has 240 valence electrons. The van der Waals surface area contributed by atoms with Crippen molar-refractivity contribution in [1.82, 2.24) is 20.4 Å². The first kappa shape index (κ1) is 31.9. The van der Waals surface area contributed by atoms with Gasteiger partial charge in [0.1, 0.15) is 18.7 Å². The van der Waals surface area contributed by atoms with Crippen molar-refractivity contribution < 1.29 is 34.0 Å². The van der Waals surface area contributed by atoms with Crippen LogP contribution in [0.5, 0.6) is 23.0 Å². The summed E-state index contributed by atoms with van der Waals surface area (Å²) in [7, 11) is 5.00. The zero-order valence-corrected chi connectivity index (χ0v) is 26.5. The number of alkyl carbamates (subject to hydrolysis) is 1. The molecule has 45 heavy (non-hydrogen) atoms. The molecule has 0 aliphatic carbocycles. The molecule has 2 bridgehead atoms. The van der Waals surface area contributed by atoms with Crippen LogP contribution < -0.4 is 20.1 Å². The molecule has 2 amide bonds. The van der Waals surface area contributed by atoms with Crippen LogP contribution >= 0.6 is 0 Å². The van der Waals surface area contributed by atoms with Crippen LogP contribution in [0.1, 0.15) is 52.4 Å². The number of nitrogens with zero attached hydrogens (tertiary/aromatic N) is 3. The average molecular weight is 620 g/mol. The fourth-order valence-electron chi connectivity index (χ4n) is 7.58. The lowest BCUT2D eigenvalue weighted by Gasteiger charge is -2.60. The van der Waals surface area contributed by atoms with E-state index < -0.39 is 30.1 Å². The normalized spacial score (nSPS) is 24.2. The van der Waals surface area contributed by atoms with Gasteiger partial charge in [0.25, 0.3) is 0 Å². The molecule has 12 nitrogen and oxygen atoms in total. The van der Waals surface area contributed by atoms with E-state index in [-0.39, 0.29) is 42.8 Å². The molecule has 6 atom stereocenters. The largest absolute Gasteiger partial charge is 0.504 e. The van der Waals surface area contributed by atoms with E-state index >= 15 is 0 Å². The van der Waals surface area contributed by atoms with Gasteiger partial charge in [-0.3, -0.25) is 14.6 Å². The number of aryl methyl sites for hydroxylation is 2. The fraction of sp³-hybridized carbons (Fsp3) is 0.485. The summed E-state index contributed by atoms with van der Waals surface area (Å²) in [5.74, 6) is 0.339. The van der Waals surface area contributed by atoms with E-state index in [1.807, 2.05) is 33.0 Å². The van der Waals surface area contributed by atoms with Crippen molar-refractivity contribution in [2.75, 3.05) is 34.4 Å². The van der Waals surface area contributed by atoms with E-state index in [0.29, 0.717) is 29.9 Å². The molecule has 0 radical (unpaired) electrons. The number of nitrogens with one attached hydrogen (secondary N) is 2. The lowest BCUT2D eigenvalue weighted by Crippen LogP contribution is -2.68. The van der Waals surface area contributed by atoms with Gasteiger partial charge in [-0.1, -0.05) is 24.8 Å². The molecule has 4 N–H and O–H groups in total. The molecule has 3 heterocycles. The third-order valence-corrected chi connectivity index (χ3v) is 9.44. The minimum absolute atomic E-state index is 0.00631. The lowest BCUT2D eigenvalue weighted by molar-refractivity contribution is -0.123. The minimum atomic E-state index is -0.916. The van der Waals surface area contributed by atoms with Crippen LogP contribution in [0.25, 0.3) is 0 Å². The van der Waals surface area contributed by atoms with Gasteiger partial charge in [-0.25, -0.2) is 4.79 Å². The monoisotopic (exact) mass is 619 g/mol. The molecule has 3 aliphatic rings. The number of ether oxygens (including phenoxy) is 3. The van der Waals surface area contributed by atoms with Gasteiger partial charge in [0, 0.05) is 29.8 Å². The van der Waals surface area contributed by atoms with Gasteiger partial charge < -0.3 is 35.1 Å². The molecular weight excluding hydrogens is 578 g/mol. The van der Waals surface area contributed by atoms with Crippen LogP contribution in [-0.2, 0) is 22.4 Å².